The van der Waals surface area contributed by atoms with Crippen LogP contribution in [-0.4, -0.2) is 41.9 Å². The lowest BCUT2D eigenvalue weighted by atomic mass is 9.87. The number of methoxy groups -OCH3 is 1. The van der Waals surface area contributed by atoms with Crippen LogP contribution in [0.15, 0.2) is 4.99 Å². The molecule has 0 saturated carbocycles. The van der Waals surface area contributed by atoms with Gasteiger partial charge in [-0.2, -0.15) is 0 Å². The fourth-order valence-electron chi connectivity index (χ4n) is 3.11. The SMILES string of the molecule is CCCCC1(CCCC)N=C(N)N(CCCCCC(=O)OC)C1=O. The van der Waals surface area contributed by atoms with Crippen LogP contribution in [0.4, 0.5) is 0 Å². The molecule has 6 heteroatoms. The van der Waals surface area contributed by atoms with Crippen molar-refractivity contribution in [2.75, 3.05) is 13.7 Å². The summed E-state index contributed by atoms with van der Waals surface area (Å²) in [5.74, 6) is 0.238. The molecule has 0 bridgehead atoms. The van der Waals surface area contributed by atoms with Gasteiger partial charge in [-0.25, -0.2) is 4.99 Å². The molecule has 0 unspecified atom stereocenters. The summed E-state index contributed by atoms with van der Waals surface area (Å²) in [5.41, 5.74) is 5.42. The summed E-state index contributed by atoms with van der Waals surface area (Å²) in [6.45, 7) is 4.83. The molecule has 24 heavy (non-hydrogen) atoms. The minimum atomic E-state index is -0.637. The average molecular weight is 339 g/mol. The van der Waals surface area contributed by atoms with Crippen molar-refractivity contribution in [3.8, 4) is 0 Å². The molecule has 0 aromatic heterocycles. The lowest BCUT2D eigenvalue weighted by Crippen LogP contribution is -2.44. The van der Waals surface area contributed by atoms with Crippen LogP contribution in [-0.2, 0) is 14.3 Å². The molecular formula is C18H33N3O3. The number of carbonyl (C=O) groups excluding carboxylic acids is 2. The first kappa shape index (κ1) is 20.5. The molecule has 0 aromatic carbocycles. The number of hydrogen-bond acceptors (Lipinski definition) is 5. The molecule has 1 rings (SSSR count). The molecule has 0 aliphatic carbocycles. The Morgan fingerprint density at radius 2 is 1.75 bits per heavy atom. The summed E-state index contributed by atoms with van der Waals surface area (Å²) in [6, 6.07) is 0. The lowest BCUT2D eigenvalue weighted by molar-refractivity contribution is -0.140. The lowest BCUT2D eigenvalue weighted by Gasteiger charge is -2.26. The highest BCUT2D eigenvalue weighted by atomic mass is 16.5. The third-order valence-electron chi connectivity index (χ3n) is 4.63. The molecule has 1 heterocycles. The molecule has 2 N–H and O–H groups in total. The number of nitrogens with zero attached hydrogens (tertiary/aromatic N) is 2. The van der Waals surface area contributed by atoms with E-state index in [1.165, 1.54) is 7.11 Å². The number of guanidine groups is 1. The van der Waals surface area contributed by atoms with Gasteiger partial charge in [-0.1, -0.05) is 46.0 Å². The van der Waals surface area contributed by atoms with Crippen molar-refractivity contribution in [3.05, 3.63) is 0 Å². The Morgan fingerprint density at radius 3 is 2.29 bits per heavy atom. The van der Waals surface area contributed by atoms with E-state index in [0.717, 1.165) is 57.8 Å². The van der Waals surface area contributed by atoms with Gasteiger partial charge in [-0.15, -0.1) is 0 Å². The first-order valence-corrected chi connectivity index (χ1v) is 9.24. The van der Waals surface area contributed by atoms with Crippen molar-refractivity contribution in [3.63, 3.8) is 0 Å². The van der Waals surface area contributed by atoms with Crippen molar-refractivity contribution in [1.29, 1.82) is 0 Å². The molecule has 0 aromatic rings. The van der Waals surface area contributed by atoms with Crippen LogP contribution >= 0.6 is 0 Å². The van der Waals surface area contributed by atoms with Gasteiger partial charge in [0, 0.05) is 13.0 Å². The van der Waals surface area contributed by atoms with Crippen LogP contribution < -0.4 is 5.73 Å². The highest BCUT2D eigenvalue weighted by molar-refractivity contribution is 6.06. The maximum atomic E-state index is 12.9. The van der Waals surface area contributed by atoms with Crippen LogP contribution in [0.25, 0.3) is 0 Å². The second-order valence-corrected chi connectivity index (χ2v) is 6.55. The summed E-state index contributed by atoms with van der Waals surface area (Å²) in [5, 5.41) is 0. The zero-order chi connectivity index (χ0) is 18.0. The number of aliphatic imine (C=N–C) groups is 1. The number of rotatable bonds is 12. The first-order valence-electron chi connectivity index (χ1n) is 9.24. The minimum Gasteiger partial charge on any atom is -0.469 e. The zero-order valence-corrected chi connectivity index (χ0v) is 15.5. The van der Waals surface area contributed by atoms with E-state index in [4.69, 9.17) is 5.73 Å². The van der Waals surface area contributed by atoms with Gasteiger partial charge in [0.1, 0.15) is 5.54 Å². The van der Waals surface area contributed by atoms with Gasteiger partial charge in [0.15, 0.2) is 5.96 Å². The Bertz CT molecular complexity index is 441. The fourth-order valence-corrected chi connectivity index (χ4v) is 3.11. The van der Waals surface area contributed by atoms with Gasteiger partial charge in [-0.3, -0.25) is 14.5 Å². The third-order valence-corrected chi connectivity index (χ3v) is 4.63. The molecule has 0 atom stereocenters. The molecule has 1 aliphatic heterocycles. The van der Waals surface area contributed by atoms with Gasteiger partial charge in [0.25, 0.3) is 5.91 Å². The highest BCUT2D eigenvalue weighted by Crippen LogP contribution is 2.33. The van der Waals surface area contributed by atoms with Crippen molar-refractivity contribution < 1.29 is 14.3 Å². The molecule has 0 fully saturated rings. The van der Waals surface area contributed by atoms with E-state index in [0.29, 0.717) is 18.9 Å². The second kappa shape index (κ2) is 10.3. The second-order valence-electron chi connectivity index (χ2n) is 6.55. The summed E-state index contributed by atoms with van der Waals surface area (Å²) in [4.78, 5) is 30.3. The summed E-state index contributed by atoms with van der Waals surface area (Å²) in [7, 11) is 1.40. The average Bonchev–Trinajstić information content (AvgIpc) is 2.81. The van der Waals surface area contributed by atoms with Gasteiger partial charge >= 0.3 is 5.97 Å². The van der Waals surface area contributed by atoms with E-state index in [1.54, 1.807) is 4.90 Å². The van der Waals surface area contributed by atoms with Gasteiger partial charge in [0.05, 0.1) is 7.11 Å². The number of nitrogens with two attached hydrogens (primary N) is 1. The quantitative estimate of drug-likeness (QED) is 0.437. The number of hydrogen-bond donors (Lipinski definition) is 1. The number of ether oxygens (including phenoxy) is 1. The van der Waals surface area contributed by atoms with Crippen molar-refractivity contribution in [2.45, 2.75) is 83.6 Å². The molecular weight excluding hydrogens is 306 g/mol. The van der Waals surface area contributed by atoms with E-state index < -0.39 is 5.54 Å². The molecule has 0 spiro atoms. The maximum Gasteiger partial charge on any atom is 0.305 e. The molecule has 6 nitrogen and oxygen atoms in total. The van der Waals surface area contributed by atoms with Crippen LogP contribution in [0.3, 0.4) is 0 Å². The molecule has 1 amide bonds. The standard InChI is InChI=1S/C18H33N3O3/c1-4-6-12-18(13-7-5-2)16(23)21(17(19)20-18)14-10-8-9-11-15(22)24-3/h4-14H2,1-3H3,(H2,19,20). The number of amides is 1. The third kappa shape index (κ3) is 5.49. The molecule has 0 radical (unpaired) electrons. The maximum absolute atomic E-state index is 12.9. The predicted molar refractivity (Wildman–Crippen MR) is 95.6 cm³/mol. The van der Waals surface area contributed by atoms with E-state index in [2.05, 4.69) is 23.6 Å². The van der Waals surface area contributed by atoms with E-state index in [9.17, 15) is 9.59 Å². The molecule has 138 valence electrons. The molecule has 0 saturated heterocycles. The van der Waals surface area contributed by atoms with Crippen LogP contribution in [0.5, 0.6) is 0 Å². The Kier molecular flexibility index (Phi) is 8.79. The number of carbonyl (C=O) groups is 2. The monoisotopic (exact) mass is 339 g/mol. The van der Waals surface area contributed by atoms with Crippen molar-refractivity contribution in [2.24, 2.45) is 10.7 Å². The zero-order valence-electron chi connectivity index (χ0n) is 15.5. The number of unbranched alkanes of at least 4 members (excludes halogenated alkanes) is 4. The summed E-state index contributed by atoms with van der Waals surface area (Å²) < 4.78 is 4.62. The van der Waals surface area contributed by atoms with Gasteiger partial charge in [0.2, 0.25) is 0 Å². The van der Waals surface area contributed by atoms with Crippen molar-refractivity contribution in [1.82, 2.24) is 4.90 Å². The Hall–Kier alpha value is -1.59. The fraction of sp³-hybridized carbons (Fsp3) is 0.833. The summed E-state index contributed by atoms with van der Waals surface area (Å²) in [6.07, 6.45) is 8.49. The Balaban J connectivity index is 2.56. The van der Waals surface area contributed by atoms with Crippen LogP contribution in [0.1, 0.15) is 78.1 Å². The van der Waals surface area contributed by atoms with E-state index >= 15 is 0 Å². The Labute approximate surface area is 145 Å². The largest absolute Gasteiger partial charge is 0.469 e. The highest BCUT2D eigenvalue weighted by Gasteiger charge is 2.46. The Morgan fingerprint density at radius 1 is 1.12 bits per heavy atom. The van der Waals surface area contributed by atoms with E-state index in [-0.39, 0.29) is 11.9 Å². The van der Waals surface area contributed by atoms with Crippen molar-refractivity contribution >= 4 is 17.8 Å². The normalized spacial score (nSPS) is 16.4. The minimum absolute atomic E-state index is 0.0647. The number of esters is 1. The van der Waals surface area contributed by atoms with Gasteiger partial charge < -0.3 is 10.5 Å². The first-order chi connectivity index (χ1) is 11.5. The van der Waals surface area contributed by atoms with Crippen LogP contribution in [0.2, 0.25) is 0 Å². The van der Waals surface area contributed by atoms with E-state index in [1.807, 2.05) is 0 Å². The summed E-state index contributed by atoms with van der Waals surface area (Å²) >= 11 is 0. The smallest absolute Gasteiger partial charge is 0.305 e. The van der Waals surface area contributed by atoms with Crippen LogP contribution in [0, 0.1) is 0 Å². The molecule has 1 aliphatic rings. The predicted octanol–water partition coefficient (Wildman–Crippen LogP) is 3.00. The topological polar surface area (TPSA) is 85.0 Å². The van der Waals surface area contributed by atoms with Gasteiger partial charge in [-0.05, 0) is 25.7 Å².